The van der Waals surface area contributed by atoms with Gasteiger partial charge < -0.3 is 10.6 Å². The van der Waals surface area contributed by atoms with Crippen LogP contribution in [0.4, 0.5) is 5.82 Å². The number of halogens is 1. The molecular formula is C16H27BrN4. The predicted molar refractivity (Wildman–Crippen MR) is 92.8 cm³/mol. The Labute approximate surface area is 136 Å². The van der Waals surface area contributed by atoms with Gasteiger partial charge in [-0.3, -0.25) is 4.90 Å². The quantitative estimate of drug-likeness (QED) is 0.882. The second-order valence-corrected chi connectivity index (χ2v) is 6.73. The summed E-state index contributed by atoms with van der Waals surface area (Å²) in [5, 5.41) is 0. The monoisotopic (exact) mass is 354 g/mol. The summed E-state index contributed by atoms with van der Waals surface area (Å²) in [6.45, 7) is 9.61. The lowest BCUT2D eigenvalue weighted by atomic mass is 10.1. The number of hydrogen-bond acceptors (Lipinski definition) is 4. The van der Waals surface area contributed by atoms with Crippen LogP contribution in [-0.2, 0) is 0 Å². The SMILES string of the molecule is CCC(CCN)N1CCCN(c2ncc(Br)cc2C)CC1. The highest BCUT2D eigenvalue weighted by Gasteiger charge is 2.21. The second-order valence-electron chi connectivity index (χ2n) is 5.81. The van der Waals surface area contributed by atoms with Crippen LogP contribution >= 0.6 is 15.9 Å². The van der Waals surface area contributed by atoms with Crippen molar-refractivity contribution in [1.82, 2.24) is 9.88 Å². The van der Waals surface area contributed by atoms with E-state index in [1.807, 2.05) is 6.20 Å². The molecule has 1 aliphatic heterocycles. The van der Waals surface area contributed by atoms with Crippen LogP contribution in [0, 0.1) is 6.92 Å². The maximum absolute atomic E-state index is 5.75. The van der Waals surface area contributed by atoms with Crippen molar-refractivity contribution in [1.29, 1.82) is 0 Å². The molecule has 0 saturated carbocycles. The van der Waals surface area contributed by atoms with Crippen molar-refractivity contribution in [2.24, 2.45) is 5.73 Å². The fraction of sp³-hybridized carbons (Fsp3) is 0.688. The Morgan fingerprint density at radius 2 is 2.14 bits per heavy atom. The minimum Gasteiger partial charge on any atom is -0.355 e. The summed E-state index contributed by atoms with van der Waals surface area (Å²) in [5.41, 5.74) is 6.99. The van der Waals surface area contributed by atoms with Gasteiger partial charge in [-0.15, -0.1) is 0 Å². The minimum atomic E-state index is 0.633. The zero-order valence-corrected chi connectivity index (χ0v) is 14.8. The van der Waals surface area contributed by atoms with Crippen LogP contribution in [0.25, 0.3) is 0 Å². The molecule has 4 nitrogen and oxygen atoms in total. The van der Waals surface area contributed by atoms with Gasteiger partial charge in [-0.2, -0.15) is 0 Å². The molecule has 0 radical (unpaired) electrons. The van der Waals surface area contributed by atoms with E-state index in [0.717, 1.165) is 42.9 Å². The Kier molecular flexibility index (Phi) is 6.45. The van der Waals surface area contributed by atoms with Crippen LogP contribution in [-0.4, -0.2) is 48.6 Å². The summed E-state index contributed by atoms with van der Waals surface area (Å²) >= 11 is 3.49. The number of nitrogens with zero attached hydrogens (tertiary/aromatic N) is 3. The number of rotatable bonds is 5. The molecule has 1 aliphatic rings. The molecule has 1 atom stereocenters. The van der Waals surface area contributed by atoms with Crippen molar-refractivity contribution in [2.75, 3.05) is 37.6 Å². The minimum absolute atomic E-state index is 0.633. The number of hydrogen-bond donors (Lipinski definition) is 1. The van der Waals surface area contributed by atoms with Crippen molar-refractivity contribution < 1.29 is 0 Å². The summed E-state index contributed by atoms with van der Waals surface area (Å²) < 4.78 is 1.05. The van der Waals surface area contributed by atoms with Gasteiger partial charge in [0, 0.05) is 42.9 Å². The Hall–Kier alpha value is -0.650. The lowest BCUT2D eigenvalue weighted by Gasteiger charge is -2.30. The highest BCUT2D eigenvalue weighted by Crippen LogP contribution is 2.22. The summed E-state index contributed by atoms with van der Waals surface area (Å²) in [6, 6.07) is 2.78. The summed E-state index contributed by atoms with van der Waals surface area (Å²) in [6.07, 6.45) is 5.38. The van der Waals surface area contributed by atoms with Crippen LogP contribution in [0.1, 0.15) is 31.7 Å². The van der Waals surface area contributed by atoms with Crippen LogP contribution in [0.2, 0.25) is 0 Å². The molecule has 2 heterocycles. The van der Waals surface area contributed by atoms with Gasteiger partial charge in [-0.05, 0) is 60.3 Å². The Balaban J connectivity index is 2.03. The molecule has 2 N–H and O–H groups in total. The number of aromatic nitrogens is 1. The summed E-state index contributed by atoms with van der Waals surface area (Å²) in [4.78, 5) is 9.65. The molecule has 0 spiro atoms. The lowest BCUT2D eigenvalue weighted by Crippen LogP contribution is -2.39. The van der Waals surface area contributed by atoms with Gasteiger partial charge in [0.2, 0.25) is 0 Å². The normalized spacial score (nSPS) is 18.6. The van der Waals surface area contributed by atoms with Crippen LogP contribution < -0.4 is 10.6 Å². The third-order valence-electron chi connectivity index (χ3n) is 4.33. The molecule has 21 heavy (non-hydrogen) atoms. The van der Waals surface area contributed by atoms with Gasteiger partial charge in [-0.1, -0.05) is 6.92 Å². The average molecular weight is 355 g/mol. The van der Waals surface area contributed by atoms with E-state index in [1.54, 1.807) is 0 Å². The van der Waals surface area contributed by atoms with E-state index >= 15 is 0 Å². The fourth-order valence-electron chi connectivity index (χ4n) is 3.22. The number of nitrogens with two attached hydrogens (primary N) is 1. The summed E-state index contributed by atoms with van der Waals surface area (Å²) in [7, 11) is 0. The van der Waals surface area contributed by atoms with Crippen molar-refractivity contribution in [3.8, 4) is 0 Å². The van der Waals surface area contributed by atoms with E-state index in [1.165, 1.54) is 24.9 Å². The topological polar surface area (TPSA) is 45.4 Å². The van der Waals surface area contributed by atoms with E-state index in [2.05, 4.69) is 50.6 Å². The Morgan fingerprint density at radius 3 is 2.81 bits per heavy atom. The average Bonchev–Trinajstić information content (AvgIpc) is 2.70. The van der Waals surface area contributed by atoms with Crippen LogP contribution in [0.15, 0.2) is 16.7 Å². The zero-order valence-electron chi connectivity index (χ0n) is 13.2. The molecule has 1 aromatic heterocycles. The Morgan fingerprint density at radius 1 is 1.33 bits per heavy atom. The first-order valence-corrected chi connectivity index (χ1v) is 8.76. The van der Waals surface area contributed by atoms with Crippen molar-refractivity contribution in [2.45, 2.75) is 39.2 Å². The number of pyridine rings is 1. The van der Waals surface area contributed by atoms with Crippen LogP contribution in [0.3, 0.4) is 0 Å². The first kappa shape index (κ1) is 16.7. The van der Waals surface area contributed by atoms with E-state index in [4.69, 9.17) is 5.73 Å². The predicted octanol–water partition coefficient (Wildman–Crippen LogP) is 2.79. The molecular weight excluding hydrogens is 328 g/mol. The van der Waals surface area contributed by atoms with Gasteiger partial charge in [-0.25, -0.2) is 4.98 Å². The molecule has 118 valence electrons. The van der Waals surface area contributed by atoms with Crippen molar-refractivity contribution >= 4 is 21.7 Å². The molecule has 0 amide bonds. The highest BCUT2D eigenvalue weighted by atomic mass is 79.9. The largest absolute Gasteiger partial charge is 0.355 e. The van der Waals surface area contributed by atoms with E-state index < -0.39 is 0 Å². The van der Waals surface area contributed by atoms with E-state index in [-0.39, 0.29) is 0 Å². The maximum atomic E-state index is 5.75. The van der Waals surface area contributed by atoms with Gasteiger partial charge in [0.1, 0.15) is 5.82 Å². The highest BCUT2D eigenvalue weighted by molar-refractivity contribution is 9.10. The van der Waals surface area contributed by atoms with Gasteiger partial charge in [0.05, 0.1) is 0 Å². The second kappa shape index (κ2) is 8.11. The molecule has 0 aromatic carbocycles. The third-order valence-corrected chi connectivity index (χ3v) is 4.77. The fourth-order valence-corrected chi connectivity index (χ4v) is 3.66. The standard InChI is InChI=1S/C16H27BrN4/c1-3-15(5-6-18)20-7-4-8-21(10-9-20)16-13(2)11-14(17)12-19-16/h11-12,15H,3-10,18H2,1-2H3. The molecule has 0 bridgehead atoms. The molecule has 5 heteroatoms. The van der Waals surface area contributed by atoms with Gasteiger partial charge >= 0.3 is 0 Å². The van der Waals surface area contributed by atoms with E-state index in [9.17, 15) is 0 Å². The molecule has 0 aliphatic carbocycles. The molecule has 1 unspecified atom stereocenters. The maximum Gasteiger partial charge on any atom is 0.131 e. The van der Waals surface area contributed by atoms with E-state index in [0.29, 0.717) is 6.04 Å². The molecule has 1 saturated heterocycles. The molecule has 2 rings (SSSR count). The summed E-state index contributed by atoms with van der Waals surface area (Å²) in [5.74, 6) is 1.13. The molecule has 1 fully saturated rings. The van der Waals surface area contributed by atoms with Gasteiger partial charge in [0.25, 0.3) is 0 Å². The Bertz CT molecular complexity index is 452. The molecule has 1 aromatic rings. The number of aryl methyl sites for hydroxylation is 1. The van der Waals surface area contributed by atoms with Crippen LogP contribution in [0.5, 0.6) is 0 Å². The van der Waals surface area contributed by atoms with Crippen molar-refractivity contribution in [3.63, 3.8) is 0 Å². The van der Waals surface area contributed by atoms with Gasteiger partial charge in [0.15, 0.2) is 0 Å². The zero-order chi connectivity index (χ0) is 15.2. The first-order valence-electron chi connectivity index (χ1n) is 7.97. The lowest BCUT2D eigenvalue weighted by molar-refractivity contribution is 0.196. The van der Waals surface area contributed by atoms with Crippen molar-refractivity contribution in [3.05, 3.63) is 22.3 Å². The smallest absolute Gasteiger partial charge is 0.131 e. The first-order chi connectivity index (χ1) is 10.2. The number of anilines is 1. The third kappa shape index (κ3) is 4.41.